The largest absolute Gasteiger partial charge is 0.322 e. The molecule has 1 aliphatic rings. The van der Waals surface area contributed by atoms with Crippen LogP contribution in [0.4, 0.5) is 14.6 Å². The van der Waals surface area contributed by atoms with E-state index in [9.17, 15) is 13.6 Å². The number of hydrogen-bond donors (Lipinski definition) is 2. The zero-order valence-electron chi connectivity index (χ0n) is 20.9. The maximum absolute atomic E-state index is 13.9. The Morgan fingerprint density at radius 2 is 1.87 bits per heavy atom. The van der Waals surface area contributed by atoms with Crippen molar-refractivity contribution in [3.63, 3.8) is 0 Å². The zero-order chi connectivity index (χ0) is 26.7. The number of hydrogen-bond acceptors (Lipinski definition) is 6. The van der Waals surface area contributed by atoms with Crippen LogP contribution in [0.5, 0.6) is 0 Å². The topological polar surface area (TPSA) is 97.0 Å². The van der Waals surface area contributed by atoms with Crippen molar-refractivity contribution in [2.45, 2.75) is 31.9 Å². The molecule has 7 nitrogen and oxygen atoms in total. The number of nitrogens with zero attached hydrogens (tertiary/aromatic N) is 4. The second kappa shape index (κ2) is 10.7. The standard InChI is InChI=1S/C29H28F2N6O/c1-19-7-8-23(16-34-19)24-13-20(17-37-12-10-29(30,31)26(32)18-37)14-27(35-24)36-28(38)25-15-22(9-11-33-25)21-5-3-2-4-6-21/h2-9,11,13-16,26H,10,12,17-18,32H2,1H3,(H,35,36,38)/t26-/m1/s1. The number of nitrogens with two attached hydrogens (primary N) is 1. The Bertz CT molecular complexity index is 1430. The summed E-state index contributed by atoms with van der Waals surface area (Å²) in [7, 11) is 0. The van der Waals surface area contributed by atoms with Crippen molar-refractivity contribution in [3.8, 4) is 22.4 Å². The van der Waals surface area contributed by atoms with E-state index in [1.54, 1.807) is 24.5 Å². The molecule has 194 valence electrons. The summed E-state index contributed by atoms with van der Waals surface area (Å²) in [6, 6.07) is 19.5. The molecule has 1 aliphatic heterocycles. The maximum atomic E-state index is 13.9. The van der Waals surface area contributed by atoms with E-state index in [2.05, 4.69) is 20.3 Å². The van der Waals surface area contributed by atoms with Gasteiger partial charge in [-0.05, 0) is 60.0 Å². The van der Waals surface area contributed by atoms with Gasteiger partial charge >= 0.3 is 0 Å². The van der Waals surface area contributed by atoms with Crippen molar-refractivity contribution in [1.29, 1.82) is 0 Å². The molecule has 0 radical (unpaired) electrons. The van der Waals surface area contributed by atoms with Crippen LogP contribution in [0.15, 0.2) is 79.1 Å². The molecule has 0 unspecified atom stereocenters. The van der Waals surface area contributed by atoms with E-state index in [-0.39, 0.29) is 25.2 Å². The van der Waals surface area contributed by atoms with Crippen molar-refractivity contribution in [1.82, 2.24) is 19.9 Å². The minimum atomic E-state index is -2.87. The summed E-state index contributed by atoms with van der Waals surface area (Å²) in [5.41, 5.74) is 10.9. The summed E-state index contributed by atoms with van der Waals surface area (Å²) in [4.78, 5) is 28.3. The minimum Gasteiger partial charge on any atom is -0.322 e. The minimum absolute atomic E-state index is 0.0780. The summed E-state index contributed by atoms with van der Waals surface area (Å²) >= 11 is 0. The van der Waals surface area contributed by atoms with Crippen molar-refractivity contribution in [3.05, 3.63) is 96.1 Å². The first kappa shape index (κ1) is 25.6. The van der Waals surface area contributed by atoms with Crippen LogP contribution in [0.25, 0.3) is 22.4 Å². The summed E-state index contributed by atoms with van der Waals surface area (Å²) < 4.78 is 27.8. The highest BCUT2D eigenvalue weighted by Gasteiger charge is 2.41. The van der Waals surface area contributed by atoms with E-state index in [0.29, 0.717) is 18.1 Å². The molecule has 4 heterocycles. The fourth-order valence-electron chi connectivity index (χ4n) is 4.45. The second-order valence-electron chi connectivity index (χ2n) is 9.54. The third kappa shape index (κ3) is 5.90. The van der Waals surface area contributed by atoms with Gasteiger partial charge in [-0.25, -0.2) is 13.8 Å². The molecule has 0 saturated carbocycles. The van der Waals surface area contributed by atoms with Gasteiger partial charge in [0, 0.05) is 49.7 Å². The number of amides is 1. The lowest BCUT2D eigenvalue weighted by molar-refractivity contribution is -0.0738. The smallest absolute Gasteiger partial charge is 0.275 e. The van der Waals surface area contributed by atoms with Gasteiger partial charge in [-0.15, -0.1) is 0 Å². The Morgan fingerprint density at radius 1 is 1.05 bits per heavy atom. The number of alkyl halides is 2. The van der Waals surface area contributed by atoms with Crippen molar-refractivity contribution in [2.24, 2.45) is 5.73 Å². The molecule has 38 heavy (non-hydrogen) atoms. The van der Waals surface area contributed by atoms with Crippen LogP contribution in [0.3, 0.4) is 0 Å². The van der Waals surface area contributed by atoms with Crippen LogP contribution in [0.1, 0.15) is 28.2 Å². The Labute approximate surface area is 219 Å². The number of aromatic nitrogens is 3. The average molecular weight is 515 g/mol. The maximum Gasteiger partial charge on any atom is 0.275 e. The van der Waals surface area contributed by atoms with Gasteiger partial charge in [-0.3, -0.25) is 19.7 Å². The molecule has 1 saturated heterocycles. The summed E-state index contributed by atoms with van der Waals surface area (Å²) in [5.74, 6) is -2.94. The van der Waals surface area contributed by atoms with E-state index in [1.807, 2.05) is 66.4 Å². The first-order chi connectivity index (χ1) is 18.3. The van der Waals surface area contributed by atoms with Crippen molar-refractivity contribution >= 4 is 11.7 Å². The van der Waals surface area contributed by atoms with Crippen LogP contribution in [0.2, 0.25) is 0 Å². The predicted octanol–water partition coefficient (Wildman–Crippen LogP) is 4.93. The van der Waals surface area contributed by atoms with Crippen molar-refractivity contribution in [2.75, 3.05) is 18.4 Å². The third-order valence-electron chi connectivity index (χ3n) is 6.60. The van der Waals surface area contributed by atoms with E-state index < -0.39 is 17.9 Å². The average Bonchev–Trinajstić information content (AvgIpc) is 2.92. The Balaban J connectivity index is 1.42. The third-order valence-corrected chi connectivity index (χ3v) is 6.60. The molecular weight excluding hydrogens is 486 g/mol. The second-order valence-corrected chi connectivity index (χ2v) is 9.54. The number of pyridine rings is 3. The van der Waals surface area contributed by atoms with E-state index >= 15 is 0 Å². The Hall–Kier alpha value is -4.08. The number of likely N-dealkylation sites (tertiary alicyclic amines) is 1. The fraction of sp³-hybridized carbons (Fsp3) is 0.241. The molecule has 0 aliphatic carbocycles. The van der Waals surface area contributed by atoms with Gasteiger partial charge in [0.2, 0.25) is 0 Å². The van der Waals surface area contributed by atoms with Gasteiger partial charge in [0.05, 0.1) is 11.7 Å². The Morgan fingerprint density at radius 3 is 2.61 bits per heavy atom. The highest BCUT2D eigenvalue weighted by molar-refractivity contribution is 6.03. The number of halogens is 2. The summed E-state index contributed by atoms with van der Waals surface area (Å²) in [5, 5.41) is 2.86. The molecule has 5 rings (SSSR count). The van der Waals surface area contributed by atoms with Gasteiger partial charge in [0.25, 0.3) is 11.8 Å². The number of aryl methyl sites for hydroxylation is 1. The normalized spacial score (nSPS) is 17.2. The molecule has 1 aromatic carbocycles. The Kier molecular flexibility index (Phi) is 7.22. The molecule has 0 bridgehead atoms. The number of piperidine rings is 1. The fourth-order valence-corrected chi connectivity index (χ4v) is 4.45. The zero-order valence-corrected chi connectivity index (χ0v) is 20.9. The van der Waals surface area contributed by atoms with E-state index in [4.69, 9.17) is 5.73 Å². The highest BCUT2D eigenvalue weighted by Crippen LogP contribution is 2.29. The number of anilines is 1. The van der Waals surface area contributed by atoms with Gasteiger partial charge < -0.3 is 11.1 Å². The SMILES string of the molecule is Cc1ccc(-c2cc(CN3CCC(F)(F)[C@H](N)C3)cc(NC(=O)c3cc(-c4ccccc4)ccn3)n2)cn1. The molecule has 3 N–H and O–H groups in total. The number of benzene rings is 1. The molecule has 9 heteroatoms. The molecule has 1 fully saturated rings. The lowest BCUT2D eigenvalue weighted by atomic mass is 10.0. The van der Waals surface area contributed by atoms with Crippen LogP contribution >= 0.6 is 0 Å². The molecular formula is C29H28F2N6O. The first-order valence-corrected chi connectivity index (χ1v) is 12.4. The lowest BCUT2D eigenvalue weighted by Gasteiger charge is -2.36. The molecule has 1 amide bonds. The van der Waals surface area contributed by atoms with Crippen LogP contribution in [0, 0.1) is 6.92 Å². The van der Waals surface area contributed by atoms with Gasteiger partial charge in [-0.2, -0.15) is 0 Å². The van der Waals surface area contributed by atoms with Gasteiger partial charge in [-0.1, -0.05) is 30.3 Å². The number of nitrogens with one attached hydrogen (secondary N) is 1. The monoisotopic (exact) mass is 514 g/mol. The molecule has 4 aromatic rings. The summed E-state index contributed by atoms with van der Waals surface area (Å²) in [6.07, 6.45) is 3.02. The van der Waals surface area contributed by atoms with Gasteiger partial charge in [0.1, 0.15) is 11.5 Å². The van der Waals surface area contributed by atoms with Crippen LogP contribution in [-0.2, 0) is 6.54 Å². The molecule has 3 aromatic heterocycles. The quantitative estimate of drug-likeness (QED) is 0.379. The van der Waals surface area contributed by atoms with E-state index in [1.165, 1.54) is 0 Å². The number of rotatable bonds is 6. The van der Waals surface area contributed by atoms with Crippen LogP contribution < -0.4 is 11.1 Å². The first-order valence-electron chi connectivity index (χ1n) is 12.4. The van der Waals surface area contributed by atoms with Gasteiger partial charge in [0.15, 0.2) is 0 Å². The summed E-state index contributed by atoms with van der Waals surface area (Å²) in [6.45, 7) is 2.59. The molecule has 0 spiro atoms. The molecule has 1 atom stereocenters. The highest BCUT2D eigenvalue weighted by atomic mass is 19.3. The van der Waals surface area contributed by atoms with E-state index in [0.717, 1.165) is 27.9 Å². The van der Waals surface area contributed by atoms with Crippen LogP contribution in [-0.4, -0.2) is 50.8 Å². The lowest BCUT2D eigenvalue weighted by Crippen LogP contribution is -2.54. The number of carbonyl (C=O) groups is 1. The van der Waals surface area contributed by atoms with Crippen molar-refractivity contribution < 1.29 is 13.6 Å². The number of carbonyl (C=O) groups excluding carboxylic acids is 1. The predicted molar refractivity (Wildman–Crippen MR) is 143 cm³/mol.